The van der Waals surface area contributed by atoms with E-state index in [2.05, 4.69) is 26.4 Å². The molecule has 3 heterocycles. The summed E-state index contributed by atoms with van der Waals surface area (Å²) in [7, 11) is 0. The lowest BCUT2D eigenvalue weighted by molar-refractivity contribution is 0.483. The number of rotatable bonds is 7. The molecule has 3 aromatic heterocycles. The zero-order valence-corrected chi connectivity index (χ0v) is 16.8. The molecule has 0 bridgehead atoms. The zero-order valence-electron chi connectivity index (χ0n) is 16.8. The molecule has 0 spiro atoms. The van der Waals surface area contributed by atoms with Crippen molar-refractivity contribution >= 4 is 11.5 Å². The van der Waals surface area contributed by atoms with Crippen LogP contribution in [0.15, 0.2) is 97.6 Å². The zero-order chi connectivity index (χ0) is 20.9. The topological polar surface area (TPSA) is 64.3 Å². The van der Waals surface area contributed by atoms with Gasteiger partial charge in [-0.25, -0.2) is 4.98 Å². The van der Waals surface area contributed by atoms with E-state index in [1.807, 2.05) is 83.6 Å². The monoisotopic (exact) mass is 407 g/mol. The quantitative estimate of drug-likeness (QED) is 0.400. The Kier molecular flexibility index (Phi) is 5.26. The van der Waals surface area contributed by atoms with E-state index in [1.165, 1.54) is 5.56 Å². The minimum Gasteiger partial charge on any atom is -0.457 e. The van der Waals surface area contributed by atoms with Gasteiger partial charge in [0.2, 0.25) is 0 Å². The molecule has 0 fully saturated rings. The second-order valence-electron chi connectivity index (χ2n) is 7.10. The first-order chi connectivity index (χ1) is 15.4. The number of aromatic nitrogens is 4. The molecule has 152 valence electrons. The van der Waals surface area contributed by atoms with Crippen LogP contribution in [0.1, 0.15) is 5.56 Å². The van der Waals surface area contributed by atoms with Gasteiger partial charge < -0.3 is 10.1 Å². The summed E-state index contributed by atoms with van der Waals surface area (Å²) in [6.07, 6.45) is 8.21. The number of pyridine rings is 1. The first-order valence-electron chi connectivity index (χ1n) is 10.2. The number of fused-ring (bicyclic) bond motifs is 1. The molecular weight excluding hydrogens is 386 g/mol. The SMILES string of the molecule is c1ccc(Oc2ccc(-c3cnn4c(NCCc5cccnc5)ccnc34)cc2)cc1. The van der Waals surface area contributed by atoms with Crippen molar-refractivity contribution in [3.8, 4) is 22.6 Å². The summed E-state index contributed by atoms with van der Waals surface area (Å²) in [5.74, 6) is 2.51. The fourth-order valence-electron chi connectivity index (χ4n) is 3.44. The van der Waals surface area contributed by atoms with Crippen molar-refractivity contribution in [3.63, 3.8) is 0 Å². The third-order valence-corrected chi connectivity index (χ3v) is 4.99. The minimum atomic E-state index is 0.783. The van der Waals surface area contributed by atoms with Crippen LogP contribution in [0.25, 0.3) is 16.8 Å². The molecule has 0 unspecified atom stereocenters. The van der Waals surface area contributed by atoms with Crippen molar-refractivity contribution in [3.05, 3.63) is 103 Å². The van der Waals surface area contributed by atoms with Crippen LogP contribution in [-0.2, 0) is 6.42 Å². The maximum absolute atomic E-state index is 5.89. The van der Waals surface area contributed by atoms with Crippen LogP contribution in [0.3, 0.4) is 0 Å². The Bertz CT molecular complexity index is 1270. The Morgan fingerprint density at radius 3 is 2.45 bits per heavy atom. The molecule has 6 heteroatoms. The van der Waals surface area contributed by atoms with E-state index in [9.17, 15) is 0 Å². The Morgan fingerprint density at radius 2 is 1.65 bits per heavy atom. The predicted molar refractivity (Wildman–Crippen MR) is 121 cm³/mol. The molecule has 0 aliphatic rings. The third kappa shape index (κ3) is 4.23. The summed E-state index contributed by atoms with van der Waals surface area (Å²) in [6.45, 7) is 0.783. The number of hydrogen-bond donors (Lipinski definition) is 1. The second kappa shape index (κ2) is 8.67. The van der Waals surface area contributed by atoms with Crippen molar-refractivity contribution in [2.75, 3.05) is 11.9 Å². The highest BCUT2D eigenvalue weighted by Gasteiger charge is 2.11. The Hall–Kier alpha value is -4.19. The lowest BCUT2D eigenvalue weighted by Gasteiger charge is -2.09. The van der Waals surface area contributed by atoms with Gasteiger partial charge in [0.05, 0.1) is 6.20 Å². The van der Waals surface area contributed by atoms with Gasteiger partial charge in [-0.05, 0) is 53.9 Å². The van der Waals surface area contributed by atoms with Gasteiger partial charge in [-0.15, -0.1) is 0 Å². The largest absolute Gasteiger partial charge is 0.457 e. The third-order valence-electron chi connectivity index (χ3n) is 4.99. The average Bonchev–Trinajstić information content (AvgIpc) is 3.26. The van der Waals surface area contributed by atoms with Gasteiger partial charge in [-0.3, -0.25) is 4.98 Å². The number of ether oxygens (including phenoxy) is 1. The summed E-state index contributed by atoms with van der Waals surface area (Å²) in [6, 6.07) is 23.7. The standard InChI is InChI=1S/C25H21N5O/c1-2-6-21(7-3-1)31-22-10-8-20(9-11-22)23-18-29-30-24(13-16-28-25(23)30)27-15-12-19-5-4-14-26-17-19/h1-11,13-14,16-18,27H,12,15H2. The Morgan fingerprint density at radius 1 is 0.806 bits per heavy atom. The molecule has 0 aliphatic heterocycles. The molecule has 0 saturated carbocycles. The molecule has 0 saturated heterocycles. The van der Waals surface area contributed by atoms with Crippen LogP contribution in [0.5, 0.6) is 11.5 Å². The van der Waals surface area contributed by atoms with E-state index in [0.29, 0.717) is 0 Å². The van der Waals surface area contributed by atoms with Crippen molar-refractivity contribution in [1.29, 1.82) is 0 Å². The van der Waals surface area contributed by atoms with Crippen LogP contribution in [0.4, 0.5) is 5.82 Å². The number of hydrogen-bond acceptors (Lipinski definition) is 5. The minimum absolute atomic E-state index is 0.783. The molecule has 5 aromatic rings. The van der Waals surface area contributed by atoms with E-state index in [1.54, 1.807) is 12.4 Å². The highest BCUT2D eigenvalue weighted by Crippen LogP contribution is 2.28. The first kappa shape index (κ1) is 18.8. The van der Waals surface area contributed by atoms with Crippen LogP contribution in [0, 0.1) is 0 Å². The molecule has 2 aromatic carbocycles. The Balaban J connectivity index is 1.33. The molecule has 5 rings (SSSR count). The summed E-state index contributed by atoms with van der Waals surface area (Å²) < 4.78 is 7.73. The number of para-hydroxylation sites is 1. The van der Waals surface area contributed by atoms with Gasteiger partial charge >= 0.3 is 0 Å². The maximum atomic E-state index is 5.89. The average molecular weight is 407 g/mol. The predicted octanol–water partition coefficient (Wildman–Crippen LogP) is 5.24. The lowest BCUT2D eigenvalue weighted by Crippen LogP contribution is -2.09. The summed E-state index contributed by atoms with van der Waals surface area (Å²) in [5, 5.41) is 8.01. The van der Waals surface area contributed by atoms with Crippen LogP contribution >= 0.6 is 0 Å². The van der Waals surface area contributed by atoms with Crippen LogP contribution in [-0.4, -0.2) is 26.1 Å². The van der Waals surface area contributed by atoms with E-state index in [0.717, 1.165) is 47.1 Å². The molecule has 0 aliphatic carbocycles. The van der Waals surface area contributed by atoms with E-state index in [-0.39, 0.29) is 0 Å². The fraction of sp³-hybridized carbons (Fsp3) is 0.0800. The van der Waals surface area contributed by atoms with E-state index in [4.69, 9.17) is 4.74 Å². The van der Waals surface area contributed by atoms with E-state index >= 15 is 0 Å². The van der Waals surface area contributed by atoms with Crippen molar-refractivity contribution < 1.29 is 4.74 Å². The summed E-state index contributed by atoms with van der Waals surface area (Å²) in [5.41, 5.74) is 4.01. The smallest absolute Gasteiger partial charge is 0.165 e. The molecular formula is C25H21N5O. The van der Waals surface area contributed by atoms with Crippen LogP contribution in [0.2, 0.25) is 0 Å². The lowest BCUT2D eigenvalue weighted by atomic mass is 10.1. The number of anilines is 1. The van der Waals surface area contributed by atoms with Gasteiger partial charge in [-0.2, -0.15) is 9.61 Å². The molecule has 0 amide bonds. The molecule has 0 atom stereocenters. The van der Waals surface area contributed by atoms with Crippen LogP contribution < -0.4 is 10.1 Å². The van der Waals surface area contributed by atoms with E-state index < -0.39 is 0 Å². The number of benzene rings is 2. The van der Waals surface area contributed by atoms with Gasteiger partial charge in [0.15, 0.2) is 5.65 Å². The highest BCUT2D eigenvalue weighted by atomic mass is 16.5. The van der Waals surface area contributed by atoms with Crippen molar-refractivity contribution in [2.24, 2.45) is 0 Å². The number of nitrogens with one attached hydrogen (secondary N) is 1. The number of nitrogens with zero attached hydrogens (tertiary/aromatic N) is 4. The molecule has 6 nitrogen and oxygen atoms in total. The van der Waals surface area contributed by atoms with Gasteiger partial charge in [-0.1, -0.05) is 36.4 Å². The Labute approximate surface area is 180 Å². The summed E-state index contributed by atoms with van der Waals surface area (Å²) in [4.78, 5) is 8.72. The summed E-state index contributed by atoms with van der Waals surface area (Å²) >= 11 is 0. The van der Waals surface area contributed by atoms with Crippen molar-refractivity contribution in [1.82, 2.24) is 19.6 Å². The molecule has 0 radical (unpaired) electrons. The fourth-order valence-corrected chi connectivity index (χ4v) is 3.44. The van der Waals surface area contributed by atoms with Gasteiger partial charge in [0, 0.05) is 30.7 Å². The highest BCUT2D eigenvalue weighted by molar-refractivity contribution is 5.78. The second-order valence-corrected chi connectivity index (χ2v) is 7.10. The van der Waals surface area contributed by atoms with Gasteiger partial charge in [0.25, 0.3) is 0 Å². The normalized spacial score (nSPS) is 10.8. The molecule has 1 N–H and O–H groups in total. The maximum Gasteiger partial charge on any atom is 0.165 e. The first-order valence-corrected chi connectivity index (χ1v) is 10.2. The molecule has 31 heavy (non-hydrogen) atoms. The van der Waals surface area contributed by atoms with Gasteiger partial charge in [0.1, 0.15) is 17.3 Å². The van der Waals surface area contributed by atoms with Crippen molar-refractivity contribution in [2.45, 2.75) is 6.42 Å².